The summed E-state index contributed by atoms with van der Waals surface area (Å²) in [7, 11) is 0. The molecule has 3 heterocycles. The van der Waals surface area contributed by atoms with E-state index in [2.05, 4.69) is 34.8 Å². The van der Waals surface area contributed by atoms with Crippen molar-refractivity contribution in [2.24, 2.45) is 4.99 Å². The van der Waals surface area contributed by atoms with Gasteiger partial charge in [0.15, 0.2) is 4.80 Å². The Morgan fingerprint density at radius 2 is 1.92 bits per heavy atom. The summed E-state index contributed by atoms with van der Waals surface area (Å²) in [5.74, 6) is -0.503. The van der Waals surface area contributed by atoms with Crippen LogP contribution in [0.2, 0.25) is 5.02 Å². The van der Waals surface area contributed by atoms with Crippen molar-refractivity contribution < 1.29 is 9.53 Å². The monoisotopic (exact) mass is 519 g/mol. The molecule has 2 aromatic heterocycles. The second-order valence-corrected chi connectivity index (χ2v) is 10.4. The normalized spacial score (nSPS) is 15.9. The van der Waals surface area contributed by atoms with E-state index in [0.717, 1.165) is 23.0 Å². The fourth-order valence-corrected chi connectivity index (χ4v) is 5.92. The Bertz CT molecular complexity index is 1710. The number of nitrogens with zero attached hydrogens (tertiary/aromatic N) is 3. The van der Waals surface area contributed by atoms with Gasteiger partial charge in [0, 0.05) is 34.2 Å². The van der Waals surface area contributed by atoms with Gasteiger partial charge in [-0.15, -0.1) is 0 Å². The number of benzene rings is 2. The molecule has 6 nitrogen and oxygen atoms in total. The van der Waals surface area contributed by atoms with E-state index >= 15 is 0 Å². The van der Waals surface area contributed by atoms with E-state index < -0.39 is 12.0 Å². The molecule has 36 heavy (non-hydrogen) atoms. The SMILES string of the molecule is CCn1cc(C=c2sc3n(c2=O)C(c2ccccc2Cl)C(C(=O)OC(C)C)=C(C)N=3)c2ccccc21. The zero-order valence-electron chi connectivity index (χ0n) is 20.5. The average molecular weight is 520 g/mol. The van der Waals surface area contributed by atoms with Gasteiger partial charge in [-0.3, -0.25) is 9.36 Å². The molecule has 8 heteroatoms. The van der Waals surface area contributed by atoms with E-state index in [1.807, 2.05) is 36.4 Å². The number of aryl methyl sites for hydroxylation is 1. The summed E-state index contributed by atoms with van der Waals surface area (Å²) in [4.78, 5) is 32.3. The predicted octanol–water partition coefficient (Wildman–Crippen LogP) is 4.81. The fourth-order valence-electron chi connectivity index (χ4n) is 4.64. The summed E-state index contributed by atoms with van der Waals surface area (Å²) in [6, 6.07) is 14.7. The van der Waals surface area contributed by atoms with Crippen LogP contribution in [0.15, 0.2) is 75.8 Å². The molecule has 2 aromatic carbocycles. The average Bonchev–Trinajstić information content (AvgIpc) is 3.35. The minimum Gasteiger partial charge on any atom is -0.459 e. The third-order valence-corrected chi connectivity index (χ3v) is 7.56. The van der Waals surface area contributed by atoms with Gasteiger partial charge in [-0.25, -0.2) is 9.79 Å². The Morgan fingerprint density at radius 3 is 2.64 bits per heavy atom. The number of hydrogen-bond acceptors (Lipinski definition) is 5. The maximum atomic E-state index is 13.9. The highest BCUT2D eigenvalue weighted by Crippen LogP contribution is 2.34. The summed E-state index contributed by atoms with van der Waals surface area (Å²) in [6.45, 7) is 8.27. The molecule has 0 amide bonds. The minimum absolute atomic E-state index is 0.223. The number of fused-ring (bicyclic) bond motifs is 2. The number of halogens is 1. The molecule has 0 radical (unpaired) electrons. The minimum atomic E-state index is -0.736. The molecule has 0 N–H and O–H groups in total. The molecule has 0 saturated carbocycles. The zero-order valence-corrected chi connectivity index (χ0v) is 22.1. The quantitative estimate of drug-likeness (QED) is 0.355. The van der Waals surface area contributed by atoms with Gasteiger partial charge in [-0.2, -0.15) is 0 Å². The topological polar surface area (TPSA) is 65.6 Å². The van der Waals surface area contributed by atoms with Gasteiger partial charge in [-0.05, 0) is 51.5 Å². The zero-order chi connectivity index (χ0) is 25.6. The van der Waals surface area contributed by atoms with Gasteiger partial charge in [0.2, 0.25) is 0 Å². The van der Waals surface area contributed by atoms with Gasteiger partial charge in [0.05, 0.1) is 21.9 Å². The molecule has 0 saturated heterocycles. The summed E-state index contributed by atoms with van der Waals surface area (Å²) >= 11 is 7.90. The molecule has 1 unspecified atom stereocenters. The van der Waals surface area contributed by atoms with Crippen LogP contribution in [-0.2, 0) is 16.1 Å². The third-order valence-electron chi connectivity index (χ3n) is 6.23. The number of rotatable bonds is 5. The largest absolute Gasteiger partial charge is 0.459 e. The third kappa shape index (κ3) is 4.12. The second kappa shape index (κ2) is 9.56. The molecule has 1 atom stereocenters. The molecule has 1 aliphatic heterocycles. The first-order valence-corrected chi connectivity index (χ1v) is 13.1. The number of thiazole rings is 1. The number of hydrogen-bond donors (Lipinski definition) is 0. The first-order valence-electron chi connectivity index (χ1n) is 11.9. The number of carbonyl (C=O) groups excluding carboxylic acids is 1. The lowest BCUT2D eigenvalue weighted by Crippen LogP contribution is -2.40. The van der Waals surface area contributed by atoms with Crippen LogP contribution in [0.4, 0.5) is 0 Å². The van der Waals surface area contributed by atoms with E-state index in [1.54, 1.807) is 31.4 Å². The van der Waals surface area contributed by atoms with Crippen molar-refractivity contribution in [3.63, 3.8) is 0 Å². The molecule has 1 aliphatic rings. The maximum absolute atomic E-state index is 13.9. The predicted molar refractivity (Wildman–Crippen MR) is 144 cm³/mol. The van der Waals surface area contributed by atoms with Gasteiger partial charge < -0.3 is 9.30 Å². The molecule has 184 valence electrons. The van der Waals surface area contributed by atoms with Crippen molar-refractivity contribution in [1.82, 2.24) is 9.13 Å². The Labute approximate surface area is 217 Å². The Morgan fingerprint density at radius 1 is 1.19 bits per heavy atom. The Hall–Kier alpha value is -3.42. The lowest BCUT2D eigenvalue weighted by atomic mass is 9.96. The van der Waals surface area contributed by atoms with E-state index in [4.69, 9.17) is 16.3 Å². The number of allylic oxidation sites excluding steroid dienone is 1. The molecule has 0 spiro atoms. The number of aromatic nitrogens is 2. The molecule has 5 rings (SSSR count). The lowest BCUT2D eigenvalue weighted by molar-refractivity contribution is -0.143. The molecule has 0 aliphatic carbocycles. The van der Waals surface area contributed by atoms with Gasteiger partial charge in [0.25, 0.3) is 5.56 Å². The van der Waals surface area contributed by atoms with Crippen LogP contribution in [0.1, 0.15) is 44.9 Å². The van der Waals surface area contributed by atoms with Gasteiger partial charge in [0.1, 0.15) is 6.04 Å². The smallest absolute Gasteiger partial charge is 0.338 e. The highest BCUT2D eigenvalue weighted by atomic mass is 35.5. The van der Waals surface area contributed by atoms with Crippen molar-refractivity contribution in [2.75, 3.05) is 0 Å². The van der Waals surface area contributed by atoms with Crippen LogP contribution >= 0.6 is 22.9 Å². The van der Waals surface area contributed by atoms with Crippen LogP contribution in [0, 0.1) is 0 Å². The Balaban J connectivity index is 1.76. The molecular formula is C28H26ClN3O3S. The molecular weight excluding hydrogens is 494 g/mol. The van der Waals surface area contributed by atoms with Crippen LogP contribution in [-0.4, -0.2) is 21.2 Å². The number of ether oxygens (including phenoxy) is 1. The van der Waals surface area contributed by atoms with Crippen LogP contribution in [0.25, 0.3) is 17.0 Å². The summed E-state index contributed by atoms with van der Waals surface area (Å²) < 4.78 is 9.82. The highest BCUT2D eigenvalue weighted by Gasteiger charge is 2.34. The van der Waals surface area contributed by atoms with Crippen molar-refractivity contribution in [1.29, 1.82) is 0 Å². The van der Waals surface area contributed by atoms with Gasteiger partial charge >= 0.3 is 5.97 Å². The van der Waals surface area contributed by atoms with E-state index in [1.165, 1.54) is 11.3 Å². The van der Waals surface area contributed by atoms with E-state index in [9.17, 15) is 9.59 Å². The number of para-hydroxylation sites is 1. The molecule has 0 fully saturated rings. The standard InChI is InChI=1S/C28H26ClN3O3S/c1-5-31-15-18(19-10-7-9-13-22(19)31)14-23-26(33)32-25(20-11-6-8-12-21(20)29)24(27(34)35-16(2)3)17(4)30-28(32)36-23/h6-16,25H,5H2,1-4H3. The second-order valence-electron chi connectivity index (χ2n) is 8.94. The summed E-state index contributed by atoms with van der Waals surface area (Å²) in [6.07, 6.45) is 3.66. The van der Waals surface area contributed by atoms with Crippen LogP contribution < -0.4 is 14.9 Å². The lowest BCUT2D eigenvalue weighted by Gasteiger charge is -2.26. The first-order chi connectivity index (χ1) is 17.3. The number of esters is 1. The van der Waals surface area contributed by atoms with Crippen molar-refractivity contribution in [2.45, 2.75) is 46.4 Å². The van der Waals surface area contributed by atoms with E-state index in [-0.39, 0.29) is 11.7 Å². The number of carbonyl (C=O) groups is 1. The van der Waals surface area contributed by atoms with Crippen LogP contribution in [0.5, 0.6) is 0 Å². The van der Waals surface area contributed by atoms with Crippen molar-refractivity contribution in [3.05, 3.63) is 102 Å². The highest BCUT2D eigenvalue weighted by molar-refractivity contribution is 7.07. The van der Waals surface area contributed by atoms with Crippen molar-refractivity contribution >= 4 is 45.9 Å². The fraction of sp³-hybridized carbons (Fsp3) is 0.250. The van der Waals surface area contributed by atoms with Crippen molar-refractivity contribution in [3.8, 4) is 0 Å². The molecule has 4 aromatic rings. The van der Waals surface area contributed by atoms with Gasteiger partial charge in [-0.1, -0.05) is 59.3 Å². The first kappa shape index (κ1) is 24.3. The van der Waals surface area contributed by atoms with E-state index in [0.29, 0.717) is 31.2 Å². The summed E-state index contributed by atoms with van der Waals surface area (Å²) in [5.41, 5.74) is 3.34. The molecule has 0 bridgehead atoms. The maximum Gasteiger partial charge on any atom is 0.338 e. The summed E-state index contributed by atoms with van der Waals surface area (Å²) in [5, 5.41) is 1.54. The Kier molecular flexibility index (Phi) is 6.45. The van der Waals surface area contributed by atoms with Crippen LogP contribution in [0.3, 0.4) is 0 Å².